The van der Waals surface area contributed by atoms with Crippen LogP contribution in [0.5, 0.6) is 0 Å². The molecule has 2 nitrogen and oxygen atoms in total. The van der Waals surface area contributed by atoms with Crippen molar-refractivity contribution in [3.63, 3.8) is 0 Å². The fourth-order valence-corrected chi connectivity index (χ4v) is 2.71. The minimum absolute atomic E-state index is 0.00614. The number of hydrogen-bond donors (Lipinski definition) is 0. The van der Waals surface area contributed by atoms with Gasteiger partial charge < -0.3 is 4.74 Å². The lowest BCUT2D eigenvalue weighted by Gasteiger charge is -2.09. The molecule has 0 amide bonds. The maximum Gasteiger partial charge on any atom is 0.305 e. The van der Waals surface area contributed by atoms with E-state index in [1.165, 1.54) is 77.0 Å². The number of carbonyl (C=O) groups is 1. The van der Waals surface area contributed by atoms with Gasteiger partial charge in [0.1, 0.15) is 0 Å². The zero-order valence-electron chi connectivity index (χ0n) is 16.2. The maximum absolute atomic E-state index is 11.5. The van der Waals surface area contributed by atoms with Crippen LogP contribution >= 0.6 is 0 Å². The van der Waals surface area contributed by atoms with Crippen molar-refractivity contribution in [1.29, 1.82) is 0 Å². The van der Waals surface area contributed by atoms with Crippen molar-refractivity contribution in [3.05, 3.63) is 0 Å². The molecule has 0 saturated carbocycles. The fourth-order valence-electron chi connectivity index (χ4n) is 2.71. The molecular formula is C21H42O2. The summed E-state index contributed by atoms with van der Waals surface area (Å²) in [7, 11) is 0. The Labute approximate surface area is 145 Å². The van der Waals surface area contributed by atoms with Crippen molar-refractivity contribution in [3.8, 4) is 0 Å². The largest absolute Gasteiger partial charge is 0.465 e. The number of rotatable bonds is 17. The molecule has 23 heavy (non-hydrogen) atoms. The van der Waals surface area contributed by atoms with Gasteiger partial charge >= 0.3 is 5.97 Å². The van der Waals surface area contributed by atoms with E-state index in [-0.39, 0.29) is 5.97 Å². The van der Waals surface area contributed by atoms with Gasteiger partial charge in [0.05, 0.1) is 6.61 Å². The summed E-state index contributed by atoms with van der Waals surface area (Å²) in [4.78, 5) is 11.5. The third-order valence-electron chi connectivity index (χ3n) is 4.71. The second-order valence-electron chi connectivity index (χ2n) is 7.19. The number of hydrogen-bond acceptors (Lipinski definition) is 2. The highest BCUT2D eigenvalue weighted by atomic mass is 16.5. The molecule has 0 fully saturated rings. The van der Waals surface area contributed by atoms with E-state index in [1.807, 2.05) is 0 Å². The van der Waals surface area contributed by atoms with Crippen LogP contribution in [0.2, 0.25) is 0 Å². The van der Waals surface area contributed by atoms with Gasteiger partial charge in [-0.3, -0.25) is 4.79 Å². The van der Waals surface area contributed by atoms with Gasteiger partial charge in [-0.15, -0.1) is 0 Å². The summed E-state index contributed by atoms with van der Waals surface area (Å²) in [6.07, 6.45) is 19.1. The van der Waals surface area contributed by atoms with Crippen molar-refractivity contribution in [2.75, 3.05) is 6.61 Å². The number of unbranched alkanes of at least 4 members (excludes halogenated alkanes) is 12. The first-order valence-electron chi connectivity index (χ1n) is 10.4. The first-order chi connectivity index (χ1) is 11.2. The molecule has 0 aliphatic heterocycles. The summed E-state index contributed by atoms with van der Waals surface area (Å²) in [5.74, 6) is 0.485. The van der Waals surface area contributed by atoms with Gasteiger partial charge in [-0.1, -0.05) is 104 Å². The molecule has 0 aliphatic carbocycles. The van der Waals surface area contributed by atoms with Crippen LogP contribution in [0.4, 0.5) is 0 Å². The van der Waals surface area contributed by atoms with E-state index >= 15 is 0 Å². The molecule has 0 aliphatic rings. The summed E-state index contributed by atoms with van der Waals surface area (Å²) in [5, 5.41) is 0. The molecule has 0 rings (SSSR count). The van der Waals surface area contributed by atoms with E-state index in [0.29, 0.717) is 18.9 Å². The molecule has 0 aromatic rings. The highest BCUT2D eigenvalue weighted by Gasteiger charge is 2.05. The molecule has 0 N–H and O–H groups in total. The van der Waals surface area contributed by atoms with E-state index in [1.54, 1.807) is 0 Å². The highest BCUT2D eigenvalue weighted by molar-refractivity contribution is 5.69. The van der Waals surface area contributed by atoms with Crippen LogP contribution in [-0.2, 0) is 9.53 Å². The standard InChI is InChI=1S/C21H42O2/c1-4-6-7-8-9-10-11-12-13-14-15-16-17-18-21(22)23-19-20(3)5-2/h20H,4-19H2,1-3H3/t20-/m1/s1. The molecule has 0 radical (unpaired) electrons. The number of ether oxygens (including phenoxy) is 1. The van der Waals surface area contributed by atoms with E-state index in [2.05, 4.69) is 20.8 Å². The first kappa shape index (κ1) is 22.5. The molecule has 0 bridgehead atoms. The SMILES string of the molecule is CCCCCCCCCCCCCCCC(=O)OC[C@H](C)CC. The Morgan fingerprint density at radius 3 is 1.61 bits per heavy atom. The lowest BCUT2D eigenvalue weighted by Crippen LogP contribution is -2.11. The van der Waals surface area contributed by atoms with E-state index in [9.17, 15) is 4.79 Å². The van der Waals surface area contributed by atoms with Gasteiger partial charge in [-0.25, -0.2) is 0 Å². The molecule has 138 valence electrons. The van der Waals surface area contributed by atoms with Crippen molar-refractivity contribution < 1.29 is 9.53 Å². The van der Waals surface area contributed by atoms with Crippen LogP contribution in [0.15, 0.2) is 0 Å². The second kappa shape index (κ2) is 17.8. The summed E-state index contributed by atoms with van der Waals surface area (Å²) in [6, 6.07) is 0. The number of esters is 1. The normalized spacial score (nSPS) is 12.3. The average Bonchev–Trinajstić information content (AvgIpc) is 2.56. The quantitative estimate of drug-likeness (QED) is 0.211. The fraction of sp³-hybridized carbons (Fsp3) is 0.952. The van der Waals surface area contributed by atoms with Crippen LogP contribution in [0.25, 0.3) is 0 Å². The third kappa shape index (κ3) is 17.7. The predicted octanol–water partition coefficient (Wildman–Crippen LogP) is 7.06. The Hall–Kier alpha value is -0.530. The zero-order valence-corrected chi connectivity index (χ0v) is 16.2. The second-order valence-corrected chi connectivity index (χ2v) is 7.19. The Bertz CT molecular complexity index is 250. The summed E-state index contributed by atoms with van der Waals surface area (Å²) < 4.78 is 5.26. The van der Waals surface area contributed by atoms with Crippen molar-refractivity contribution in [2.45, 2.75) is 117 Å². The van der Waals surface area contributed by atoms with Gasteiger partial charge in [0.25, 0.3) is 0 Å². The monoisotopic (exact) mass is 326 g/mol. The Kier molecular flexibility index (Phi) is 17.4. The van der Waals surface area contributed by atoms with E-state index in [0.717, 1.165) is 12.8 Å². The van der Waals surface area contributed by atoms with Crippen LogP contribution < -0.4 is 0 Å². The topological polar surface area (TPSA) is 26.3 Å². The molecule has 0 aromatic heterocycles. The van der Waals surface area contributed by atoms with Gasteiger partial charge in [-0.2, -0.15) is 0 Å². The molecule has 0 heterocycles. The van der Waals surface area contributed by atoms with E-state index < -0.39 is 0 Å². The third-order valence-corrected chi connectivity index (χ3v) is 4.71. The van der Waals surface area contributed by atoms with Crippen molar-refractivity contribution >= 4 is 5.97 Å². The van der Waals surface area contributed by atoms with Gasteiger partial charge in [-0.05, 0) is 12.3 Å². The Morgan fingerprint density at radius 2 is 1.17 bits per heavy atom. The minimum Gasteiger partial charge on any atom is -0.465 e. The molecule has 0 unspecified atom stereocenters. The molecule has 0 aromatic carbocycles. The Balaban J connectivity index is 3.14. The molecule has 0 saturated heterocycles. The van der Waals surface area contributed by atoms with Crippen LogP contribution in [0.1, 0.15) is 117 Å². The summed E-state index contributed by atoms with van der Waals surface area (Å²) in [6.45, 7) is 7.12. The molecule has 2 heteroatoms. The highest BCUT2D eigenvalue weighted by Crippen LogP contribution is 2.13. The maximum atomic E-state index is 11.5. The zero-order chi connectivity index (χ0) is 17.2. The smallest absolute Gasteiger partial charge is 0.305 e. The predicted molar refractivity (Wildman–Crippen MR) is 101 cm³/mol. The molecule has 0 spiro atoms. The number of carbonyl (C=O) groups excluding carboxylic acids is 1. The van der Waals surface area contributed by atoms with Gasteiger partial charge in [0, 0.05) is 6.42 Å². The average molecular weight is 327 g/mol. The Morgan fingerprint density at radius 1 is 0.739 bits per heavy atom. The lowest BCUT2D eigenvalue weighted by molar-refractivity contribution is -0.145. The van der Waals surface area contributed by atoms with Gasteiger partial charge in [0.2, 0.25) is 0 Å². The first-order valence-corrected chi connectivity index (χ1v) is 10.4. The minimum atomic E-state index is -0.00614. The van der Waals surface area contributed by atoms with Crippen molar-refractivity contribution in [1.82, 2.24) is 0 Å². The van der Waals surface area contributed by atoms with Gasteiger partial charge in [0.15, 0.2) is 0 Å². The van der Waals surface area contributed by atoms with Crippen LogP contribution in [-0.4, -0.2) is 12.6 Å². The lowest BCUT2D eigenvalue weighted by atomic mass is 10.0. The summed E-state index contributed by atoms with van der Waals surface area (Å²) >= 11 is 0. The van der Waals surface area contributed by atoms with Crippen molar-refractivity contribution in [2.24, 2.45) is 5.92 Å². The van der Waals surface area contributed by atoms with E-state index in [4.69, 9.17) is 4.74 Å². The molecule has 1 atom stereocenters. The van der Waals surface area contributed by atoms with Crippen LogP contribution in [0.3, 0.4) is 0 Å². The van der Waals surface area contributed by atoms with Crippen LogP contribution in [0, 0.1) is 5.92 Å². The summed E-state index contributed by atoms with van der Waals surface area (Å²) in [5.41, 5.74) is 0. The molecular weight excluding hydrogens is 284 g/mol.